The number of rotatable bonds is 4. The van der Waals surface area contributed by atoms with Crippen LogP contribution in [0.15, 0.2) is 0 Å². The summed E-state index contributed by atoms with van der Waals surface area (Å²) in [6.07, 6.45) is 0.910. The lowest BCUT2D eigenvalue weighted by Crippen LogP contribution is -2.55. The molecule has 5 nitrogen and oxygen atoms in total. The van der Waals surface area contributed by atoms with Crippen molar-refractivity contribution < 1.29 is 14.7 Å². The summed E-state index contributed by atoms with van der Waals surface area (Å²) in [5.74, 6) is 1.25. The van der Waals surface area contributed by atoms with E-state index in [4.69, 9.17) is 5.11 Å². The van der Waals surface area contributed by atoms with Crippen molar-refractivity contribution in [2.24, 2.45) is 11.3 Å². The van der Waals surface area contributed by atoms with Gasteiger partial charge in [0, 0.05) is 24.6 Å². The van der Waals surface area contributed by atoms with E-state index in [9.17, 15) is 9.59 Å². The first kappa shape index (κ1) is 15.6. The van der Waals surface area contributed by atoms with Gasteiger partial charge in [-0.05, 0) is 18.9 Å². The number of nitrogens with zero attached hydrogens (tertiary/aromatic N) is 1. The van der Waals surface area contributed by atoms with E-state index < -0.39 is 5.97 Å². The average Bonchev–Trinajstić information content (AvgIpc) is 2.88. The Hall–Kier alpha value is -0.750. The molecule has 20 heavy (non-hydrogen) atoms. The van der Waals surface area contributed by atoms with Crippen LogP contribution < -0.4 is 5.32 Å². The maximum absolute atomic E-state index is 13.0. The fourth-order valence-electron chi connectivity index (χ4n) is 3.21. The molecular weight excluding hydrogens is 276 g/mol. The Morgan fingerprint density at radius 3 is 2.80 bits per heavy atom. The van der Waals surface area contributed by atoms with Crippen molar-refractivity contribution in [3.63, 3.8) is 0 Å². The molecule has 2 saturated heterocycles. The molecule has 2 unspecified atom stereocenters. The molecule has 0 radical (unpaired) electrons. The summed E-state index contributed by atoms with van der Waals surface area (Å²) < 4.78 is 0. The molecule has 2 fully saturated rings. The quantitative estimate of drug-likeness (QED) is 0.812. The second kappa shape index (κ2) is 6.35. The minimum atomic E-state index is -0.821. The summed E-state index contributed by atoms with van der Waals surface area (Å²) in [5.41, 5.74) is -0.348. The minimum Gasteiger partial charge on any atom is -0.481 e. The molecule has 0 spiro atoms. The third kappa shape index (κ3) is 2.96. The predicted molar refractivity (Wildman–Crippen MR) is 79.8 cm³/mol. The summed E-state index contributed by atoms with van der Waals surface area (Å²) >= 11 is 1.74. The van der Waals surface area contributed by atoms with Crippen molar-refractivity contribution in [2.45, 2.75) is 32.7 Å². The Balaban J connectivity index is 2.18. The molecule has 0 aromatic carbocycles. The molecule has 1 amide bonds. The Bertz CT molecular complexity index is 381. The molecule has 2 rings (SSSR count). The van der Waals surface area contributed by atoms with Crippen LogP contribution in [0, 0.1) is 11.3 Å². The van der Waals surface area contributed by atoms with Crippen molar-refractivity contribution >= 4 is 23.6 Å². The van der Waals surface area contributed by atoms with E-state index in [1.165, 1.54) is 0 Å². The Kier molecular flexibility index (Phi) is 4.96. The third-order valence-corrected chi connectivity index (χ3v) is 5.71. The van der Waals surface area contributed by atoms with Gasteiger partial charge in [-0.2, -0.15) is 11.8 Å². The van der Waals surface area contributed by atoms with Gasteiger partial charge in [-0.1, -0.05) is 13.8 Å². The van der Waals surface area contributed by atoms with Crippen LogP contribution in [0.25, 0.3) is 0 Å². The van der Waals surface area contributed by atoms with E-state index in [0.717, 1.165) is 24.5 Å². The fraction of sp³-hybridized carbons (Fsp3) is 0.857. The Labute approximate surface area is 124 Å². The number of thioether (sulfide) groups is 1. The van der Waals surface area contributed by atoms with Crippen LogP contribution in [0.5, 0.6) is 0 Å². The maximum atomic E-state index is 13.0. The number of carboxylic acid groups (broad SMARTS) is 1. The molecule has 114 valence electrons. The number of amides is 1. The van der Waals surface area contributed by atoms with Gasteiger partial charge in [-0.15, -0.1) is 0 Å². The van der Waals surface area contributed by atoms with Crippen LogP contribution in [-0.2, 0) is 9.59 Å². The molecule has 0 bridgehead atoms. The molecule has 2 N–H and O–H groups in total. The van der Waals surface area contributed by atoms with Crippen LogP contribution in [0.2, 0.25) is 0 Å². The summed E-state index contributed by atoms with van der Waals surface area (Å²) in [6, 6.07) is -0.157. The zero-order chi connectivity index (χ0) is 14.8. The van der Waals surface area contributed by atoms with Gasteiger partial charge in [0.1, 0.15) is 0 Å². The molecule has 2 aliphatic heterocycles. The van der Waals surface area contributed by atoms with Gasteiger partial charge >= 0.3 is 5.97 Å². The second-order valence-electron chi connectivity index (χ2n) is 6.06. The van der Waals surface area contributed by atoms with Crippen molar-refractivity contribution in [2.75, 3.05) is 31.1 Å². The molecule has 0 aromatic heterocycles. The van der Waals surface area contributed by atoms with E-state index in [1.807, 2.05) is 4.90 Å². The zero-order valence-electron chi connectivity index (χ0n) is 12.2. The highest BCUT2D eigenvalue weighted by Crippen LogP contribution is 2.38. The van der Waals surface area contributed by atoms with E-state index in [1.54, 1.807) is 11.8 Å². The molecule has 6 heteroatoms. The summed E-state index contributed by atoms with van der Waals surface area (Å²) in [4.78, 5) is 25.9. The van der Waals surface area contributed by atoms with Crippen molar-refractivity contribution in [1.29, 1.82) is 0 Å². The highest BCUT2D eigenvalue weighted by atomic mass is 32.2. The summed E-state index contributed by atoms with van der Waals surface area (Å²) in [6.45, 7) is 6.45. The van der Waals surface area contributed by atoms with Gasteiger partial charge in [0.2, 0.25) is 5.91 Å². The first-order chi connectivity index (χ1) is 9.47. The van der Waals surface area contributed by atoms with Gasteiger partial charge in [-0.3, -0.25) is 9.59 Å². The maximum Gasteiger partial charge on any atom is 0.305 e. The van der Waals surface area contributed by atoms with Crippen molar-refractivity contribution in [3.05, 3.63) is 0 Å². The minimum absolute atomic E-state index is 0.0559. The van der Waals surface area contributed by atoms with Gasteiger partial charge in [0.05, 0.1) is 17.9 Å². The largest absolute Gasteiger partial charge is 0.481 e. The number of hydrogen-bond acceptors (Lipinski definition) is 4. The summed E-state index contributed by atoms with van der Waals surface area (Å²) in [7, 11) is 0. The van der Waals surface area contributed by atoms with Crippen LogP contribution in [0.1, 0.15) is 26.7 Å². The Morgan fingerprint density at radius 1 is 1.50 bits per heavy atom. The zero-order valence-corrected chi connectivity index (χ0v) is 13.0. The highest BCUT2D eigenvalue weighted by Gasteiger charge is 2.47. The molecule has 0 aromatic rings. The third-order valence-electron chi connectivity index (χ3n) is 4.62. The fourth-order valence-corrected chi connectivity index (χ4v) is 4.27. The van der Waals surface area contributed by atoms with Crippen molar-refractivity contribution in [1.82, 2.24) is 10.2 Å². The number of carbonyl (C=O) groups is 2. The average molecular weight is 300 g/mol. The molecule has 2 atom stereocenters. The highest BCUT2D eigenvalue weighted by molar-refractivity contribution is 7.99. The molecule has 0 aliphatic carbocycles. The Morgan fingerprint density at radius 2 is 2.25 bits per heavy atom. The normalized spacial score (nSPS) is 30.8. The SMILES string of the molecule is CC(C)C1(C(=O)N2CCSCC2CC(=O)O)CCNC1. The number of hydrogen-bond donors (Lipinski definition) is 2. The number of carboxylic acids is 1. The smallest absolute Gasteiger partial charge is 0.305 e. The molecule has 2 aliphatic rings. The van der Waals surface area contributed by atoms with Gasteiger partial charge in [-0.25, -0.2) is 0 Å². The lowest BCUT2D eigenvalue weighted by Gasteiger charge is -2.42. The first-order valence-electron chi connectivity index (χ1n) is 7.28. The van der Waals surface area contributed by atoms with Crippen molar-refractivity contribution in [3.8, 4) is 0 Å². The van der Waals surface area contributed by atoms with Crippen LogP contribution in [0.4, 0.5) is 0 Å². The van der Waals surface area contributed by atoms with Crippen LogP contribution in [-0.4, -0.2) is 59.1 Å². The predicted octanol–water partition coefficient (Wildman–Crippen LogP) is 1.04. The molecule has 0 saturated carbocycles. The first-order valence-corrected chi connectivity index (χ1v) is 8.44. The number of nitrogens with one attached hydrogen (secondary N) is 1. The van der Waals surface area contributed by atoms with Gasteiger partial charge < -0.3 is 15.3 Å². The number of carbonyl (C=O) groups excluding carboxylic acids is 1. The summed E-state index contributed by atoms with van der Waals surface area (Å²) in [5, 5.41) is 12.3. The van der Waals surface area contributed by atoms with E-state index in [0.29, 0.717) is 13.1 Å². The molecule has 2 heterocycles. The van der Waals surface area contributed by atoms with Gasteiger partial charge in [0.25, 0.3) is 0 Å². The topological polar surface area (TPSA) is 69.6 Å². The van der Waals surface area contributed by atoms with E-state index in [2.05, 4.69) is 19.2 Å². The lowest BCUT2D eigenvalue weighted by atomic mass is 9.75. The molecular formula is C14H24N2O3S. The van der Waals surface area contributed by atoms with Gasteiger partial charge in [0.15, 0.2) is 0 Å². The van der Waals surface area contributed by atoms with Crippen LogP contribution >= 0.6 is 11.8 Å². The standard InChI is InChI=1S/C14H24N2O3S/c1-10(2)14(3-4-15-9-14)13(19)16-5-6-20-8-11(16)7-12(17)18/h10-11,15H,3-9H2,1-2H3,(H,17,18). The van der Waals surface area contributed by atoms with E-state index in [-0.39, 0.29) is 29.7 Å². The van der Waals surface area contributed by atoms with Crippen LogP contribution in [0.3, 0.4) is 0 Å². The van der Waals surface area contributed by atoms with E-state index >= 15 is 0 Å². The number of aliphatic carboxylic acids is 1. The monoisotopic (exact) mass is 300 g/mol. The second-order valence-corrected chi connectivity index (χ2v) is 7.21. The lowest BCUT2D eigenvalue weighted by molar-refractivity contribution is -0.147.